The van der Waals surface area contributed by atoms with Crippen molar-refractivity contribution in [2.75, 3.05) is 0 Å². The maximum atomic E-state index is 13.8. The Bertz CT molecular complexity index is 904. The zero-order chi connectivity index (χ0) is 18.5. The van der Waals surface area contributed by atoms with Gasteiger partial charge in [0, 0.05) is 18.4 Å². The van der Waals surface area contributed by atoms with Crippen molar-refractivity contribution in [1.29, 1.82) is 0 Å². The van der Waals surface area contributed by atoms with Crippen molar-refractivity contribution in [1.82, 2.24) is 5.32 Å². The second kappa shape index (κ2) is 7.95. The molecular formula is C21H19F2NO2. The summed E-state index contributed by atoms with van der Waals surface area (Å²) in [6.07, 6.45) is 0.577. The van der Waals surface area contributed by atoms with Crippen LogP contribution >= 0.6 is 0 Å². The van der Waals surface area contributed by atoms with E-state index in [1.807, 2.05) is 0 Å². The van der Waals surface area contributed by atoms with Crippen LogP contribution in [0, 0.1) is 11.6 Å². The van der Waals surface area contributed by atoms with E-state index < -0.39 is 6.04 Å². The molecule has 3 aromatic rings. The summed E-state index contributed by atoms with van der Waals surface area (Å²) in [4.78, 5) is 12.1. The highest BCUT2D eigenvalue weighted by molar-refractivity contribution is 5.76. The van der Waals surface area contributed by atoms with Crippen LogP contribution in [0.1, 0.15) is 30.7 Å². The van der Waals surface area contributed by atoms with Crippen LogP contribution in [0.4, 0.5) is 8.78 Å². The standard InChI is InChI=1S/C21H19F2NO2/c1-14(16-6-2-4-8-18(16)22)24-21(25)13-11-15-10-12-20(26-15)17-7-3-5-9-19(17)23/h2-10,12,14H,11,13H2,1H3,(H,24,25). The van der Waals surface area contributed by atoms with Gasteiger partial charge < -0.3 is 9.73 Å². The molecule has 0 spiro atoms. The minimum Gasteiger partial charge on any atom is -0.461 e. The fourth-order valence-electron chi connectivity index (χ4n) is 2.77. The minimum absolute atomic E-state index is 0.197. The second-order valence-electron chi connectivity index (χ2n) is 6.06. The van der Waals surface area contributed by atoms with Gasteiger partial charge in [0.05, 0.1) is 11.6 Å². The first-order valence-corrected chi connectivity index (χ1v) is 8.42. The monoisotopic (exact) mass is 355 g/mol. The first-order valence-electron chi connectivity index (χ1n) is 8.42. The number of nitrogens with one attached hydrogen (secondary N) is 1. The Kier molecular flexibility index (Phi) is 5.46. The highest BCUT2D eigenvalue weighted by Gasteiger charge is 2.14. The normalized spacial score (nSPS) is 12.0. The molecular weight excluding hydrogens is 336 g/mol. The van der Waals surface area contributed by atoms with Crippen LogP contribution in [0.15, 0.2) is 65.1 Å². The molecule has 1 heterocycles. The van der Waals surface area contributed by atoms with E-state index in [1.54, 1.807) is 55.5 Å². The summed E-state index contributed by atoms with van der Waals surface area (Å²) in [6, 6.07) is 15.7. The zero-order valence-corrected chi connectivity index (χ0v) is 14.3. The Hall–Kier alpha value is -2.95. The van der Waals surface area contributed by atoms with Crippen LogP contribution in [0.5, 0.6) is 0 Å². The molecule has 26 heavy (non-hydrogen) atoms. The third kappa shape index (κ3) is 4.17. The maximum Gasteiger partial charge on any atom is 0.220 e. The number of halogens is 2. The Morgan fingerprint density at radius 3 is 2.42 bits per heavy atom. The highest BCUT2D eigenvalue weighted by Crippen LogP contribution is 2.25. The fraction of sp³-hybridized carbons (Fsp3) is 0.190. The van der Waals surface area contributed by atoms with Crippen molar-refractivity contribution in [3.05, 3.63) is 83.6 Å². The number of aryl methyl sites for hydroxylation is 1. The molecule has 134 valence electrons. The summed E-state index contributed by atoms with van der Waals surface area (Å²) in [5.74, 6) is 0.116. The average Bonchev–Trinajstić information content (AvgIpc) is 3.09. The predicted molar refractivity (Wildman–Crippen MR) is 95.4 cm³/mol. The van der Waals surface area contributed by atoms with Crippen LogP contribution in [-0.4, -0.2) is 5.91 Å². The van der Waals surface area contributed by atoms with Crippen LogP contribution in [0.3, 0.4) is 0 Å². The van der Waals surface area contributed by atoms with Crippen LogP contribution < -0.4 is 5.32 Å². The summed E-state index contributed by atoms with van der Waals surface area (Å²) in [7, 11) is 0. The second-order valence-corrected chi connectivity index (χ2v) is 6.06. The van der Waals surface area contributed by atoms with Crippen molar-refractivity contribution < 1.29 is 18.0 Å². The summed E-state index contributed by atoms with van der Waals surface area (Å²) in [6.45, 7) is 1.74. The third-order valence-corrected chi connectivity index (χ3v) is 4.15. The number of benzene rings is 2. The molecule has 0 aliphatic heterocycles. The lowest BCUT2D eigenvalue weighted by molar-refractivity contribution is -0.121. The molecule has 1 unspecified atom stereocenters. The maximum absolute atomic E-state index is 13.8. The molecule has 3 rings (SSSR count). The van der Waals surface area contributed by atoms with Gasteiger partial charge in [-0.05, 0) is 37.3 Å². The smallest absolute Gasteiger partial charge is 0.220 e. The first-order chi connectivity index (χ1) is 12.5. The van der Waals surface area contributed by atoms with Gasteiger partial charge >= 0.3 is 0 Å². The molecule has 2 aromatic carbocycles. The average molecular weight is 355 g/mol. The molecule has 1 aromatic heterocycles. The van der Waals surface area contributed by atoms with Crippen molar-refractivity contribution in [3.8, 4) is 11.3 Å². The van der Waals surface area contributed by atoms with Gasteiger partial charge in [-0.25, -0.2) is 8.78 Å². The lowest BCUT2D eigenvalue weighted by Crippen LogP contribution is -2.27. The van der Waals surface area contributed by atoms with Gasteiger partial charge in [-0.15, -0.1) is 0 Å². The van der Waals surface area contributed by atoms with E-state index in [4.69, 9.17) is 4.42 Å². The Morgan fingerprint density at radius 1 is 1.00 bits per heavy atom. The van der Waals surface area contributed by atoms with Crippen LogP contribution in [0.25, 0.3) is 11.3 Å². The van der Waals surface area contributed by atoms with Gasteiger partial charge in [0.25, 0.3) is 0 Å². The topological polar surface area (TPSA) is 42.2 Å². The van der Waals surface area contributed by atoms with E-state index in [9.17, 15) is 13.6 Å². The summed E-state index contributed by atoms with van der Waals surface area (Å²) in [5.41, 5.74) is 0.831. The summed E-state index contributed by atoms with van der Waals surface area (Å²) >= 11 is 0. The molecule has 0 radical (unpaired) electrons. The molecule has 0 saturated carbocycles. The van der Waals surface area contributed by atoms with E-state index in [0.29, 0.717) is 29.1 Å². The molecule has 3 nitrogen and oxygen atoms in total. The Morgan fingerprint density at radius 2 is 1.69 bits per heavy atom. The largest absolute Gasteiger partial charge is 0.461 e. The Labute approximate surface area is 150 Å². The molecule has 0 aliphatic carbocycles. The number of amides is 1. The molecule has 1 N–H and O–H groups in total. The predicted octanol–water partition coefficient (Wildman–Crippen LogP) is 5.03. The van der Waals surface area contributed by atoms with E-state index in [1.165, 1.54) is 12.1 Å². The quantitative estimate of drug-likeness (QED) is 0.673. The molecule has 1 atom stereocenters. The Balaban J connectivity index is 1.57. The molecule has 0 aliphatic rings. The number of rotatable bonds is 6. The van der Waals surface area contributed by atoms with Crippen molar-refractivity contribution in [2.45, 2.75) is 25.8 Å². The molecule has 0 bridgehead atoms. The van der Waals surface area contributed by atoms with Crippen LogP contribution in [-0.2, 0) is 11.2 Å². The van der Waals surface area contributed by atoms with E-state index in [2.05, 4.69) is 5.32 Å². The van der Waals surface area contributed by atoms with E-state index >= 15 is 0 Å². The molecule has 5 heteroatoms. The van der Waals surface area contributed by atoms with E-state index in [-0.39, 0.29) is 24.0 Å². The lowest BCUT2D eigenvalue weighted by Gasteiger charge is -2.14. The molecule has 0 saturated heterocycles. The highest BCUT2D eigenvalue weighted by atomic mass is 19.1. The minimum atomic E-state index is -0.422. The van der Waals surface area contributed by atoms with Gasteiger partial charge in [0.2, 0.25) is 5.91 Å². The number of furan rings is 1. The first kappa shape index (κ1) is 17.9. The number of hydrogen-bond donors (Lipinski definition) is 1. The van der Waals surface area contributed by atoms with Crippen LogP contribution in [0.2, 0.25) is 0 Å². The molecule has 0 fully saturated rings. The van der Waals surface area contributed by atoms with Gasteiger partial charge in [-0.2, -0.15) is 0 Å². The van der Waals surface area contributed by atoms with Crippen molar-refractivity contribution in [3.63, 3.8) is 0 Å². The SMILES string of the molecule is CC(NC(=O)CCc1ccc(-c2ccccc2F)o1)c1ccccc1F. The van der Waals surface area contributed by atoms with Gasteiger partial charge in [-0.1, -0.05) is 30.3 Å². The van der Waals surface area contributed by atoms with E-state index in [0.717, 1.165) is 0 Å². The van der Waals surface area contributed by atoms with Gasteiger partial charge in [-0.3, -0.25) is 4.79 Å². The number of carbonyl (C=O) groups excluding carboxylic acids is 1. The summed E-state index contributed by atoms with van der Waals surface area (Å²) < 4.78 is 33.2. The van der Waals surface area contributed by atoms with Crippen molar-refractivity contribution >= 4 is 5.91 Å². The zero-order valence-electron chi connectivity index (χ0n) is 14.3. The fourth-order valence-corrected chi connectivity index (χ4v) is 2.77. The third-order valence-electron chi connectivity index (χ3n) is 4.15. The van der Waals surface area contributed by atoms with Gasteiger partial charge in [0.1, 0.15) is 23.2 Å². The lowest BCUT2D eigenvalue weighted by atomic mass is 10.1. The van der Waals surface area contributed by atoms with Crippen molar-refractivity contribution in [2.24, 2.45) is 0 Å². The number of carbonyl (C=O) groups is 1. The summed E-state index contributed by atoms with van der Waals surface area (Å²) in [5, 5.41) is 2.77. The molecule has 1 amide bonds. The van der Waals surface area contributed by atoms with Gasteiger partial charge in [0.15, 0.2) is 0 Å². The number of hydrogen-bond acceptors (Lipinski definition) is 2.